The molecule has 0 fully saturated rings. The van der Waals surface area contributed by atoms with Crippen LogP contribution in [-0.2, 0) is 4.79 Å². The lowest BCUT2D eigenvalue weighted by atomic mass is 10.2. The second-order valence-corrected chi connectivity index (χ2v) is 7.28. The average Bonchev–Trinajstić information content (AvgIpc) is 3.24. The number of thioether (sulfide) groups is 1. The van der Waals surface area contributed by atoms with E-state index in [1.54, 1.807) is 35.6 Å². The fourth-order valence-corrected chi connectivity index (χ4v) is 4.17. The van der Waals surface area contributed by atoms with Crippen molar-refractivity contribution in [2.45, 2.75) is 5.16 Å². The third-order valence-corrected chi connectivity index (χ3v) is 5.54. The molecule has 130 valence electrons. The molecule has 0 radical (unpaired) electrons. The molecule has 4 rings (SSSR count). The number of carbonyl (C=O) groups is 2. The number of hydrogen-bond acceptors (Lipinski definition) is 6. The minimum Gasteiger partial charge on any atom is -0.272 e. The predicted molar refractivity (Wildman–Crippen MR) is 101 cm³/mol. The second kappa shape index (κ2) is 7.14. The number of amides is 2. The van der Waals surface area contributed by atoms with Gasteiger partial charge < -0.3 is 0 Å². The highest BCUT2D eigenvalue weighted by atomic mass is 32.2. The highest BCUT2D eigenvalue weighted by Gasteiger charge is 2.14. The maximum atomic E-state index is 12.0. The van der Waals surface area contributed by atoms with Crippen LogP contribution < -0.4 is 10.9 Å². The minimum atomic E-state index is -0.363. The van der Waals surface area contributed by atoms with E-state index >= 15 is 0 Å². The maximum Gasteiger partial charge on any atom is 0.269 e. The third kappa shape index (κ3) is 3.26. The fourth-order valence-electron chi connectivity index (χ4n) is 2.40. The molecule has 0 saturated heterocycles. The van der Waals surface area contributed by atoms with Crippen molar-refractivity contribution in [2.24, 2.45) is 0 Å². The summed E-state index contributed by atoms with van der Waals surface area (Å²) in [6.07, 6.45) is 0. The third-order valence-electron chi connectivity index (χ3n) is 3.59. The number of thiazole rings is 1. The normalized spacial score (nSPS) is 10.9. The Morgan fingerprint density at radius 3 is 2.62 bits per heavy atom. The summed E-state index contributed by atoms with van der Waals surface area (Å²) >= 11 is 2.81. The van der Waals surface area contributed by atoms with E-state index in [9.17, 15) is 9.59 Å². The van der Waals surface area contributed by atoms with Crippen LogP contribution in [0.2, 0.25) is 0 Å². The summed E-state index contributed by atoms with van der Waals surface area (Å²) in [5, 5.41) is 8.94. The smallest absolute Gasteiger partial charge is 0.269 e. The zero-order valence-electron chi connectivity index (χ0n) is 13.4. The first-order valence-electron chi connectivity index (χ1n) is 7.72. The number of carbonyl (C=O) groups excluding carboxylic acids is 2. The standard InChI is InChI=1S/C17H13N5O2S2/c23-14(18-19-15(24)11-6-2-1-3-7-11)10-25-16-20-21-17-22(16)12-8-4-5-9-13(12)26-17/h1-9H,10H2,(H,18,23)(H,19,24). The van der Waals surface area contributed by atoms with Gasteiger partial charge in [-0.25, -0.2) is 0 Å². The molecule has 7 nitrogen and oxygen atoms in total. The molecule has 2 aromatic heterocycles. The number of hydrogen-bond donors (Lipinski definition) is 2. The van der Waals surface area contributed by atoms with Crippen LogP contribution >= 0.6 is 23.1 Å². The van der Waals surface area contributed by atoms with Crippen molar-refractivity contribution >= 4 is 50.1 Å². The first kappa shape index (κ1) is 16.6. The van der Waals surface area contributed by atoms with Crippen LogP contribution in [0.4, 0.5) is 0 Å². The van der Waals surface area contributed by atoms with Gasteiger partial charge in [-0.3, -0.25) is 24.8 Å². The van der Waals surface area contributed by atoms with Crippen molar-refractivity contribution in [1.29, 1.82) is 0 Å². The van der Waals surface area contributed by atoms with Gasteiger partial charge in [0, 0.05) is 5.56 Å². The van der Waals surface area contributed by atoms with Gasteiger partial charge >= 0.3 is 0 Å². The van der Waals surface area contributed by atoms with Crippen LogP contribution in [0, 0.1) is 0 Å². The van der Waals surface area contributed by atoms with Crippen molar-refractivity contribution in [1.82, 2.24) is 25.4 Å². The van der Waals surface area contributed by atoms with Crippen LogP contribution in [0.5, 0.6) is 0 Å². The van der Waals surface area contributed by atoms with Gasteiger partial charge in [-0.05, 0) is 24.3 Å². The quantitative estimate of drug-likeness (QED) is 0.418. The first-order valence-corrected chi connectivity index (χ1v) is 9.52. The highest BCUT2D eigenvalue weighted by molar-refractivity contribution is 7.99. The fraction of sp³-hybridized carbons (Fsp3) is 0.0588. The summed E-state index contributed by atoms with van der Waals surface area (Å²) in [5.41, 5.74) is 6.29. The van der Waals surface area contributed by atoms with E-state index in [2.05, 4.69) is 21.0 Å². The number of hydrazine groups is 1. The Kier molecular flexibility index (Phi) is 4.55. The van der Waals surface area contributed by atoms with E-state index in [1.165, 1.54) is 11.8 Å². The minimum absolute atomic E-state index is 0.111. The number of nitrogens with zero attached hydrogens (tertiary/aromatic N) is 3. The van der Waals surface area contributed by atoms with Crippen LogP contribution in [0.3, 0.4) is 0 Å². The molecule has 2 aromatic carbocycles. The SMILES string of the molecule is O=C(CSc1nnc2sc3ccccc3n12)NNC(=O)c1ccccc1. The number of fused-ring (bicyclic) bond motifs is 3. The molecular weight excluding hydrogens is 370 g/mol. The Morgan fingerprint density at radius 2 is 1.77 bits per heavy atom. The lowest BCUT2D eigenvalue weighted by Gasteiger charge is -2.06. The van der Waals surface area contributed by atoms with Crippen molar-refractivity contribution in [3.8, 4) is 0 Å². The molecule has 0 aliphatic rings. The molecule has 26 heavy (non-hydrogen) atoms. The molecule has 2 heterocycles. The Labute approximate surface area is 156 Å². The monoisotopic (exact) mass is 383 g/mol. The van der Waals surface area contributed by atoms with Crippen LogP contribution in [0.1, 0.15) is 10.4 Å². The molecule has 0 atom stereocenters. The second-order valence-electron chi connectivity index (χ2n) is 5.33. The van der Waals surface area contributed by atoms with Crippen molar-refractivity contribution in [3.05, 3.63) is 60.2 Å². The number of para-hydroxylation sites is 1. The Bertz CT molecular complexity index is 1090. The van der Waals surface area contributed by atoms with E-state index < -0.39 is 0 Å². The van der Waals surface area contributed by atoms with Crippen molar-refractivity contribution < 1.29 is 9.59 Å². The van der Waals surface area contributed by atoms with Gasteiger partial charge in [0.15, 0.2) is 5.16 Å². The van der Waals surface area contributed by atoms with Crippen molar-refractivity contribution in [2.75, 3.05) is 5.75 Å². The molecule has 0 aliphatic heterocycles. The van der Waals surface area contributed by atoms with E-state index in [0.717, 1.165) is 15.2 Å². The summed E-state index contributed by atoms with van der Waals surface area (Å²) in [4.78, 5) is 24.7. The topological polar surface area (TPSA) is 88.4 Å². The zero-order valence-corrected chi connectivity index (χ0v) is 15.0. The van der Waals surface area contributed by atoms with Crippen molar-refractivity contribution in [3.63, 3.8) is 0 Å². The Hall–Kier alpha value is -2.91. The van der Waals surface area contributed by atoms with Gasteiger partial charge in [0.2, 0.25) is 10.9 Å². The van der Waals surface area contributed by atoms with E-state index in [-0.39, 0.29) is 17.6 Å². The average molecular weight is 383 g/mol. The number of aromatic nitrogens is 3. The predicted octanol–water partition coefficient (Wildman–Crippen LogP) is 2.50. The number of benzene rings is 2. The lowest BCUT2D eigenvalue weighted by molar-refractivity contribution is -0.119. The molecule has 0 unspecified atom stereocenters. The Morgan fingerprint density at radius 1 is 1.00 bits per heavy atom. The van der Waals surface area contributed by atoms with Crippen LogP contribution in [-0.4, -0.2) is 32.2 Å². The molecule has 0 aliphatic carbocycles. The maximum absolute atomic E-state index is 12.0. The van der Waals surface area contributed by atoms with Gasteiger partial charge in [0.05, 0.1) is 16.0 Å². The van der Waals surface area contributed by atoms with Crippen LogP contribution in [0.15, 0.2) is 59.8 Å². The lowest BCUT2D eigenvalue weighted by Crippen LogP contribution is -2.42. The van der Waals surface area contributed by atoms with Gasteiger partial charge in [-0.15, -0.1) is 10.2 Å². The molecule has 0 saturated carbocycles. The van der Waals surface area contributed by atoms with Gasteiger partial charge in [0.1, 0.15) is 0 Å². The van der Waals surface area contributed by atoms with E-state index in [4.69, 9.17) is 0 Å². The zero-order chi connectivity index (χ0) is 17.9. The van der Waals surface area contributed by atoms with Gasteiger partial charge in [-0.1, -0.05) is 53.4 Å². The molecule has 0 spiro atoms. The number of nitrogens with one attached hydrogen (secondary N) is 2. The summed E-state index contributed by atoms with van der Waals surface area (Å²) in [7, 11) is 0. The molecule has 9 heteroatoms. The largest absolute Gasteiger partial charge is 0.272 e. The Balaban J connectivity index is 1.39. The summed E-state index contributed by atoms with van der Waals surface area (Å²) in [6, 6.07) is 16.6. The first-order chi connectivity index (χ1) is 12.7. The molecule has 4 aromatic rings. The summed E-state index contributed by atoms with van der Waals surface area (Å²) in [6.45, 7) is 0. The van der Waals surface area contributed by atoms with E-state index in [0.29, 0.717) is 10.7 Å². The van der Waals surface area contributed by atoms with Crippen LogP contribution in [0.25, 0.3) is 15.2 Å². The molecule has 2 amide bonds. The van der Waals surface area contributed by atoms with Gasteiger partial charge in [-0.2, -0.15) is 0 Å². The molecule has 2 N–H and O–H groups in total. The van der Waals surface area contributed by atoms with Gasteiger partial charge in [0.25, 0.3) is 5.91 Å². The summed E-state index contributed by atoms with van der Waals surface area (Å²) in [5.74, 6) is -0.576. The number of rotatable bonds is 4. The molecular formula is C17H13N5O2S2. The highest BCUT2D eigenvalue weighted by Crippen LogP contribution is 2.29. The molecule has 0 bridgehead atoms. The van der Waals surface area contributed by atoms with E-state index in [1.807, 2.05) is 34.7 Å². The summed E-state index contributed by atoms with van der Waals surface area (Å²) < 4.78 is 3.04.